The van der Waals surface area contributed by atoms with E-state index in [1.165, 1.54) is 42.1 Å². The molecular weight excluding hydrogens is 450 g/mol. The summed E-state index contributed by atoms with van der Waals surface area (Å²) >= 11 is 0. The van der Waals surface area contributed by atoms with Crippen LogP contribution in [0.4, 0.5) is 0 Å². The predicted octanol–water partition coefficient (Wildman–Crippen LogP) is 5.17. The van der Waals surface area contributed by atoms with Gasteiger partial charge in [0.2, 0.25) is 12.7 Å². The van der Waals surface area contributed by atoms with Crippen molar-refractivity contribution in [1.82, 2.24) is 14.8 Å². The van der Waals surface area contributed by atoms with Crippen LogP contribution in [0.25, 0.3) is 17.0 Å². The number of rotatable bonds is 4. The maximum absolute atomic E-state index is 13.1. The number of aromatic amines is 1. The first-order chi connectivity index (χ1) is 17.7. The number of ether oxygens (including phenoxy) is 2. The lowest BCUT2D eigenvalue weighted by Gasteiger charge is -2.37. The first kappa shape index (κ1) is 22.0. The van der Waals surface area contributed by atoms with Crippen molar-refractivity contribution >= 4 is 22.9 Å². The number of hydrogen-bond donors (Lipinski definition) is 1. The summed E-state index contributed by atoms with van der Waals surface area (Å²) in [5.41, 5.74) is 3.99. The minimum atomic E-state index is 0.121. The van der Waals surface area contributed by atoms with Crippen molar-refractivity contribution in [2.75, 3.05) is 33.0 Å². The molecule has 0 bridgehead atoms. The maximum Gasteiger partial charge on any atom is 0.246 e. The minimum absolute atomic E-state index is 0.121. The van der Waals surface area contributed by atoms with Gasteiger partial charge in [-0.3, -0.25) is 9.69 Å². The number of nitrogens with one attached hydrogen (secondary N) is 1. The fourth-order valence-corrected chi connectivity index (χ4v) is 6.87. The van der Waals surface area contributed by atoms with Gasteiger partial charge < -0.3 is 19.4 Å². The van der Waals surface area contributed by atoms with Gasteiger partial charge in [-0.05, 0) is 86.5 Å². The predicted molar refractivity (Wildman–Crippen MR) is 140 cm³/mol. The van der Waals surface area contributed by atoms with Crippen LogP contribution >= 0.6 is 0 Å². The molecule has 7 rings (SSSR count). The number of carbonyl (C=O) groups excluding carboxylic acids is 1. The van der Waals surface area contributed by atoms with Gasteiger partial charge in [0.15, 0.2) is 11.5 Å². The van der Waals surface area contributed by atoms with Crippen LogP contribution in [-0.2, 0) is 4.79 Å². The number of piperidine rings is 2. The van der Waals surface area contributed by atoms with Gasteiger partial charge in [-0.2, -0.15) is 0 Å². The van der Waals surface area contributed by atoms with Crippen LogP contribution < -0.4 is 9.47 Å². The van der Waals surface area contributed by atoms with Crippen LogP contribution in [0.1, 0.15) is 49.1 Å². The summed E-state index contributed by atoms with van der Waals surface area (Å²) in [6.07, 6.45) is 11.9. The molecule has 2 aromatic carbocycles. The number of likely N-dealkylation sites (tertiary alicyclic amines) is 2. The normalized spacial score (nSPS) is 26.3. The third kappa shape index (κ3) is 3.88. The SMILES string of the molecule is O=C(/C=C/c1ccc2c(c1)OCO2)N1CCC[C@]2(CC2N2CCC(c3c[nH]c4ccccc34)CC2)C1. The minimum Gasteiger partial charge on any atom is -0.454 e. The summed E-state index contributed by atoms with van der Waals surface area (Å²) in [5, 5.41) is 1.38. The molecule has 1 N–H and O–H groups in total. The first-order valence-electron chi connectivity index (χ1n) is 13.4. The van der Waals surface area contributed by atoms with Crippen LogP contribution in [0.2, 0.25) is 0 Å². The van der Waals surface area contributed by atoms with Crippen molar-refractivity contribution in [3.63, 3.8) is 0 Å². The average molecular weight is 484 g/mol. The fourth-order valence-electron chi connectivity index (χ4n) is 6.87. The van der Waals surface area contributed by atoms with Gasteiger partial charge in [-0.15, -0.1) is 0 Å². The molecule has 3 aliphatic heterocycles. The van der Waals surface area contributed by atoms with E-state index in [1.54, 1.807) is 6.08 Å². The van der Waals surface area contributed by atoms with Crippen LogP contribution in [0.15, 0.2) is 54.7 Å². The molecule has 1 amide bonds. The Morgan fingerprint density at radius 3 is 2.83 bits per heavy atom. The van der Waals surface area contributed by atoms with Crippen LogP contribution in [0.3, 0.4) is 0 Å². The van der Waals surface area contributed by atoms with E-state index in [9.17, 15) is 4.79 Å². The molecule has 0 radical (unpaired) electrons. The number of aromatic nitrogens is 1. The zero-order valence-electron chi connectivity index (χ0n) is 20.6. The first-order valence-corrected chi connectivity index (χ1v) is 13.4. The van der Waals surface area contributed by atoms with Gasteiger partial charge in [0, 0.05) is 47.7 Å². The Labute approximate surface area is 211 Å². The third-order valence-electron chi connectivity index (χ3n) is 8.91. The van der Waals surface area contributed by atoms with Crippen molar-refractivity contribution < 1.29 is 14.3 Å². The highest BCUT2D eigenvalue weighted by atomic mass is 16.7. The fraction of sp³-hybridized carbons (Fsp3) is 0.433. The van der Waals surface area contributed by atoms with Crippen molar-refractivity contribution in [2.45, 2.75) is 44.1 Å². The van der Waals surface area contributed by atoms with Crippen molar-refractivity contribution in [3.05, 3.63) is 65.9 Å². The molecule has 1 aromatic heterocycles. The number of carbonyl (C=O) groups is 1. The molecule has 1 saturated carbocycles. The largest absolute Gasteiger partial charge is 0.454 e. The number of fused-ring (bicyclic) bond motifs is 2. The molecule has 3 aromatic rings. The Balaban J connectivity index is 0.963. The smallest absolute Gasteiger partial charge is 0.246 e. The summed E-state index contributed by atoms with van der Waals surface area (Å²) in [7, 11) is 0. The van der Waals surface area contributed by atoms with E-state index in [0.717, 1.165) is 49.7 Å². The molecule has 186 valence electrons. The number of nitrogens with zero attached hydrogens (tertiary/aromatic N) is 2. The van der Waals surface area contributed by atoms with Crippen molar-refractivity contribution in [1.29, 1.82) is 0 Å². The molecule has 4 heterocycles. The molecule has 2 saturated heterocycles. The number of benzene rings is 2. The molecular formula is C30H33N3O3. The Morgan fingerprint density at radius 2 is 1.92 bits per heavy atom. The van der Waals surface area contributed by atoms with Crippen molar-refractivity contribution in [2.24, 2.45) is 5.41 Å². The summed E-state index contributed by atoms with van der Waals surface area (Å²) in [4.78, 5) is 21.3. The molecule has 1 spiro atoms. The molecule has 6 heteroatoms. The summed E-state index contributed by atoms with van der Waals surface area (Å²) in [5.74, 6) is 2.27. The third-order valence-corrected chi connectivity index (χ3v) is 8.91. The molecule has 4 aliphatic rings. The van der Waals surface area contributed by atoms with Crippen LogP contribution in [0.5, 0.6) is 11.5 Å². The number of para-hydroxylation sites is 1. The van der Waals surface area contributed by atoms with E-state index >= 15 is 0 Å². The second-order valence-electron chi connectivity index (χ2n) is 11.0. The van der Waals surface area contributed by atoms with E-state index in [1.807, 2.05) is 24.3 Å². The molecule has 3 fully saturated rings. The zero-order chi connectivity index (χ0) is 24.1. The maximum atomic E-state index is 13.1. The van der Waals surface area contributed by atoms with Gasteiger partial charge in [0.1, 0.15) is 0 Å². The standard InChI is InChI=1S/C30H33N3O3/c34-29(9-7-21-6-8-26-27(16-21)36-20-35-26)33-13-3-12-30(19-33)17-28(30)32-14-10-22(11-15-32)24-18-31-25-5-2-1-4-23(24)25/h1-2,4-9,16,18,22,28,31H,3,10-15,17,19-20H2/b9-7+/t28?,30-/m0/s1. The molecule has 6 nitrogen and oxygen atoms in total. The van der Waals surface area contributed by atoms with Gasteiger partial charge in [-0.1, -0.05) is 24.3 Å². The summed E-state index contributed by atoms with van der Waals surface area (Å²) < 4.78 is 10.8. The summed E-state index contributed by atoms with van der Waals surface area (Å²) in [6.45, 7) is 4.34. The monoisotopic (exact) mass is 483 g/mol. The van der Waals surface area contributed by atoms with Crippen LogP contribution in [0, 0.1) is 5.41 Å². The zero-order valence-corrected chi connectivity index (χ0v) is 20.6. The average Bonchev–Trinajstić information content (AvgIpc) is 3.25. The van der Waals surface area contributed by atoms with Gasteiger partial charge in [0.25, 0.3) is 0 Å². The number of amides is 1. The van der Waals surface area contributed by atoms with E-state index in [2.05, 4.69) is 45.2 Å². The van der Waals surface area contributed by atoms with Gasteiger partial charge >= 0.3 is 0 Å². The molecule has 1 aliphatic carbocycles. The topological polar surface area (TPSA) is 57.8 Å². The molecule has 1 unspecified atom stereocenters. The van der Waals surface area contributed by atoms with E-state index < -0.39 is 0 Å². The van der Waals surface area contributed by atoms with E-state index in [4.69, 9.17) is 9.47 Å². The summed E-state index contributed by atoms with van der Waals surface area (Å²) in [6, 6.07) is 15.1. The van der Waals surface area contributed by atoms with Gasteiger partial charge in [-0.25, -0.2) is 0 Å². The molecule has 2 atom stereocenters. The highest BCUT2D eigenvalue weighted by Crippen LogP contribution is 2.56. The highest BCUT2D eigenvalue weighted by molar-refractivity contribution is 5.92. The Kier molecular flexibility index (Phi) is 5.31. The van der Waals surface area contributed by atoms with Crippen LogP contribution in [-0.4, -0.2) is 59.7 Å². The Hall–Kier alpha value is -3.25. The van der Waals surface area contributed by atoms with Gasteiger partial charge in [0.05, 0.1) is 0 Å². The second-order valence-corrected chi connectivity index (χ2v) is 11.0. The highest BCUT2D eigenvalue weighted by Gasteiger charge is 2.58. The number of H-pyrrole nitrogens is 1. The van der Waals surface area contributed by atoms with Crippen molar-refractivity contribution in [3.8, 4) is 11.5 Å². The Morgan fingerprint density at radius 1 is 1.06 bits per heavy atom. The van der Waals surface area contributed by atoms with E-state index in [0.29, 0.717) is 17.4 Å². The quantitative estimate of drug-likeness (QED) is 0.520. The number of hydrogen-bond acceptors (Lipinski definition) is 4. The lowest BCUT2D eigenvalue weighted by molar-refractivity contribution is -0.128. The lowest BCUT2D eigenvalue weighted by Crippen LogP contribution is -2.44. The Bertz CT molecular complexity index is 1320. The molecule has 36 heavy (non-hydrogen) atoms. The lowest BCUT2D eigenvalue weighted by atomic mass is 9.88. The van der Waals surface area contributed by atoms with E-state index in [-0.39, 0.29) is 12.7 Å². The second kappa shape index (κ2) is 8.70.